The molecule has 7 heteroatoms. The highest BCUT2D eigenvalue weighted by molar-refractivity contribution is 5.94. The van der Waals surface area contributed by atoms with Crippen molar-refractivity contribution in [2.45, 2.75) is 0 Å². The molecule has 0 fully saturated rings. The third kappa shape index (κ3) is 6.55. The molecule has 0 aliphatic heterocycles. The molecule has 0 radical (unpaired) electrons. The second-order valence-electron chi connectivity index (χ2n) is 5.21. The molecule has 2 aromatic rings. The van der Waals surface area contributed by atoms with Crippen molar-refractivity contribution in [1.29, 1.82) is 5.26 Å². The second kappa shape index (κ2) is 10.3. The summed E-state index contributed by atoms with van der Waals surface area (Å²) >= 11 is 0. The van der Waals surface area contributed by atoms with Gasteiger partial charge >= 0.3 is 5.97 Å². The van der Waals surface area contributed by atoms with Crippen LogP contribution in [0.5, 0.6) is 11.5 Å². The van der Waals surface area contributed by atoms with Gasteiger partial charge in [-0.3, -0.25) is 4.79 Å². The van der Waals surface area contributed by atoms with E-state index in [0.29, 0.717) is 22.7 Å². The van der Waals surface area contributed by atoms with Gasteiger partial charge in [-0.25, -0.2) is 4.79 Å². The zero-order valence-electron chi connectivity index (χ0n) is 14.7. The zero-order chi connectivity index (χ0) is 19.5. The minimum Gasteiger partial charge on any atom is -0.493 e. The SMILES string of the molecule is COc1cc(/C=C/C(=O)OCC(=O)Nc2ccccc2)ccc1OCC#N. The molecule has 138 valence electrons. The van der Waals surface area contributed by atoms with Crippen molar-refractivity contribution in [3.63, 3.8) is 0 Å². The number of carbonyl (C=O) groups is 2. The van der Waals surface area contributed by atoms with Crippen LogP contribution >= 0.6 is 0 Å². The lowest BCUT2D eigenvalue weighted by Crippen LogP contribution is -2.20. The van der Waals surface area contributed by atoms with Crippen LogP contribution in [0.25, 0.3) is 6.08 Å². The van der Waals surface area contributed by atoms with Crippen LogP contribution in [-0.2, 0) is 14.3 Å². The molecule has 7 nitrogen and oxygen atoms in total. The van der Waals surface area contributed by atoms with Crippen LogP contribution in [0.1, 0.15) is 5.56 Å². The number of ether oxygens (including phenoxy) is 3. The summed E-state index contributed by atoms with van der Waals surface area (Å²) in [6.45, 7) is -0.481. The molecule has 0 atom stereocenters. The summed E-state index contributed by atoms with van der Waals surface area (Å²) in [4.78, 5) is 23.5. The second-order valence-corrected chi connectivity index (χ2v) is 5.21. The molecule has 2 rings (SSSR count). The molecule has 0 aromatic heterocycles. The van der Waals surface area contributed by atoms with Crippen molar-refractivity contribution in [2.75, 3.05) is 25.6 Å². The average Bonchev–Trinajstić information content (AvgIpc) is 2.70. The summed E-state index contributed by atoms with van der Waals surface area (Å²) in [6.07, 6.45) is 2.73. The fraction of sp³-hybridized carbons (Fsp3) is 0.150. The average molecular weight is 366 g/mol. The van der Waals surface area contributed by atoms with Crippen molar-refractivity contribution in [3.8, 4) is 17.6 Å². The Labute approximate surface area is 156 Å². The van der Waals surface area contributed by atoms with Gasteiger partial charge in [0.25, 0.3) is 5.91 Å². The first-order valence-electron chi connectivity index (χ1n) is 8.00. The molecular weight excluding hydrogens is 348 g/mol. The van der Waals surface area contributed by atoms with E-state index in [9.17, 15) is 9.59 Å². The molecule has 0 saturated carbocycles. The van der Waals surface area contributed by atoms with Gasteiger partial charge in [-0.15, -0.1) is 0 Å². The summed E-state index contributed by atoms with van der Waals surface area (Å²) < 4.78 is 15.3. The minimum absolute atomic E-state index is 0.0943. The molecule has 0 spiro atoms. The van der Waals surface area contributed by atoms with E-state index < -0.39 is 11.9 Å². The van der Waals surface area contributed by atoms with E-state index in [4.69, 9.17) is 19.5 Å². The first kappa shape index (κ1) is 19.5. The maximum Gasteiger partial charge on any atom is 0.331 e. The molecule has 1 amide bonds. The molecule has 0 unspecified atom stereocenters. The summed E-state index contributed by atoms with van der Waals surface area (Å²) in [5, 5.41) is 11.2. The number of hydrogen-bond donors (Lipinski definition) is 1. The highest BCUT2D eigenvalue weighted by Crippen LogP contribution is 2.28. The molecular formula is C20H18N2O5. The van der Waals surface area contributed by atoms with Crippen molar-refractivity contribution < 1.29 is 23.8 Å². The topological polar surface area (TPSA) is 97.7 Å². The quantitative estimate of drug-likeness (QED) is 0.570. The van der Waals surface area contributed by atoms with Crippen LogP contribution in [-0.4, -0.2) is 32.2 Å². The lowest BCUT2D eigenvalue weighted by molar-refractivity contribution is -0.142. The molecule has 0 heterocycles. The molecule has 0 aliphatic carbocycles. The Morgan fingerprint density at radius 3 is 2.63 bits per heavy atom. The lowest BCUT2D eigenvalue weighted by Gasteiger charge is -2.08. The van der Waals surface area contributed by atoms with E-state index in [0.717, 1.165) is 0 Å². The Morgan fingerprint density at radius 1 is 1.15 bits per heavy atom. The first-order chi connectivity index (χ1) is 13.1. The fourth-order valence-corrected chi connectivity index (χ4v) is 2.08. The largest absolute Gasteiger partial charge is 0.493 e. The van der Waals surface area contributed by atoms with Gasteiger partial charge in [-0.05, 0) is 35.9 Å². The molecule has 2 aromatic carbocycles. The highest BCUT2D eigenvalue weighted by atomic mass is 16.5. The third-order valence-corrected chi connectivity index (χ3v) is 3.29. The van der Waals surface area contributed by atoms with Gasteiger partial charge in [0.15, 0.2) is 24.7 Å². The maximum atomic E-state index is 11.8. The van der Waals surface area contributed by atoms with Gasteiger partial charge in [0.1, 0.15) is 6.07 Å². The van der Waals surface area contributed by atoms with E-state index in [1.54, 1.807) is 42.5 Å². The molecule has 0 saturated heterocycles. The Bertz CT molecular complexity index is 856. The Balaban J connectivity index is 1.86. The van der Waals surface area contributed by atoms with E-state index >= 15 is 0 Å². The Kier molecular flexibility index (Phi) is 7.42. The number of methoxy groups -OCH3 is 1. The van der Waals surface area contributed by atoms with Crippen molar-refractivity contribution in [1.82, 2.24) is 0 Å². The normalized spacial score (nSPS) is 10.1. The number of nitrogens with zero attached hydrogens (tertiary/aromatic N) is 1. The number of anilines is 1. The number of hydrogen-bond acceptors (Lipinski definition) is 6. The van der Waals surface area contributed by atoms with Gasteiger partial charge in [-0.2, -0.15) is 5.26 Å². The number of amides is 1. The van der Waals surface area contributed by atoms with Crippen molar-refractivity contribution in [3.05, 3.63) is 60.2 Å². The number of benzene rings is 2. The number of carbonyl (C=O) groups excluding carboxylic acids is 2. The summed E-state index contributed by atoms with van der Waals surface area (Å²) in [5.41, 5.74) is 1.29. The standard InChI is InChI=1S/C20H18N2O5/c1-25-18-13-15(7-9-17(18)26-12-11-21)8-10-20(24)27-14-19(23)22-16-5-3-2-4-6-16/h2-10,13H,12,14H2,1H3,(H,22,23)/b10-8+. The third-order valence-electron chi connectivity index (χ3n) is 3.29. The fourth-order valence-electron chi connectivity index (χ4n) is 2.08. The van der Waals surface area contributed by atoms with Gasteiger partial charge in [0.05, 0.1) is 7.11 Å². The van der Waals surface area contributed by atoms with Crippen molar-refractivity contribution in [2.24, 2.45) is 0 Å². The van der Waals surface area contributed by atoms with E-state index in [1.807, 2.05) is 12.1 Å². The zero-order valence-corrected chi connectivity index (χ0v) is 14.7. The number of para-hydroxylation sites is 1. The highest BCUT2D eigenvalue weighted by Gasteiger charge is 2.07. The van der Waals surface area contributed by atoms with Gasteiger partial charge in [0.2, 0.25) is 0 Å². The number of esters is 1. The number of rotatable bonds is 8. The summed E-state index contributed by atoms with van der Waals surface area (Å²) in [7, 11) is 1.47. The maximum absolute atomic E-state index is 11.8. The molecule has 0 bridgehead atoms. The number of nitrogens with one attached hydrogen (secondary N) is 1. The predicted octanol–water partition coefficient (Wildman–Crippen LogP) is 2.79. The van der Waals surface area contributed by atoms with Gasteiger partial charge < -0.3 is 19.5 Å². The first-order valence-corrected chi connectivity index (χ1v) is 8.00. The van der Waals surface area contributed by atoms with Crippen LogP contribution in [0, 0.1) is 11.3 Å². The smallest absolute Gasteiger partial charge is 0.331 e. The monoisotopic (exact) mass is 366 g/mol. The van der Waals surface area contributed by atoms with Crippen LogP contribution in [0.3, 0.4) is 0 Å². The predicted molar refractivity (Wildman–Crippen MR) is 99.2 cm³/mol. The molecule has 27 heavy (non-hydrogen) atoms. The lowest BCUT2D eigenvalue weighted by atomic mass is 10.2. The molecule has 1 N–H and O–H groups in total. The minimum atomic E-state index is -0.651. The Morgan fingerprint density at radius 2 is 1.93 bits per heavy atom. The number of nitriles is 1. The summed E-state index contributed by atoms with van der Waals surface area (Å²) in [5.74, 6) is -0.218. The van der Waals surface area contributed by atoms with Crippen molar-refractivity contribution >= 4 is 23.6 Å². The van der Waals surface area contributed by atoms with Crippen LogP contribution in [0.2, 0.25) is 0 Å². The van der Waals surface area contributed by atoms with Crippen LogP contribution in [0.4, 0.5) is 5.69 Å². The van der Waals surface area contributed by atoms with Gasteiger partial charge in [0, 0.05) is 11.8 Å². The van der Waals surface area contributed by atoms with Gasteiger partial charge in [-0.1, -0.05) is 24.3 Å². The van der Waals surface area contributed by atoms with E-state index in [1.165, 1.54) is 19.3 Å². The van der Waals surface area contributed by atoms with Crippen LogP contribution < -0.4 is 14.8 Å². The van der Waals surface area contributed by atoms with Crippen LogP contribution in [0.15, 0.2) is 54.6 Å². The Hall–Kier alpha value is -3.79. The molecule has 0 aliphatic rings. The van der Waals surface area contributed by atoms with E-state index in [2.05, 4.69) is 5.32 Å². The van der Waals surface area contributed by atoms with E-state index in [-0.39, 0.29) is 13.2 Å². The summed E-state index contributed by atoms with van der Waals surface area (Å²) in [6, 6.07) is 15.7.